The fourth-order valence-corrected chi connectivity index (χ4v) is 4.70. The Morgan fingerprint density at radius 1 is 1.10 bits per heavy atom. The maximum atomic E-state index is 13.4. The lowest BCUT2D eigenvalue weighted by molar-refractivity contribution is -0.136. The number of likely N-dealkylation sites (tertiary alicyclic amines) is 1. The van der Waals surface area contributed by atoms with Crippen molar-refractivity contribution in [3.63, 3.8) is 0 Å². The van der Waals surface area contributed by atoms with Gasteiger partial charge >= 0.3 is 6.18 Å². The summed E-state index contributed by atoms with van der Waals surface area (Å²) in [5.74, 6) is 0.544. The molecule has 1 saturated heterocycles. The van der Waals surface area contributed by atoms with E-state index in [1.807, 2.05) is 23.1 Å². The summed E-state index contributed by atoms with van der Waals surface area (Å²) in [5, 5.41) is 0.364. The molecule has 3 nitrogen and oxygen atoms in total. The second-order valence-corrected chi connectivity index (χ2v) is 8.48. The van der Waals surface area contributed by atoms with Crippen molar-refractivity contribution in [1.29, 1.82) is 0 Å². The number of hydrogen-bond donors (Lipinski definition) is 1. The SMILES string of the molecule is O=C(CCCc1c[nH]c2c(Cl)ccc(C(F)(F)F)c12)N1CCC(c2ccccc2)CC1. The highest BCUT2D eigenvalue weighted by Gasteiger charge is 2.34. The third-order valence-electron chi connectivity index (χ3n) is 6.13. The molecule has 0 saturated carbocycles. The third-order valence-corrected chi connectivity index (χ3v) is 6.44. The summed E-state index contributed by atoms with van der Waals surface area (Å²) in [6.45, 7) is 1.44. The Labute approximate surface area is 184 Å². The number of hydrogen-bond acceptors (Lipinski definition) is 1. The van der Waals surface area contributed by atoms with Gasteiger partial charge in [0, 0.05) is 31.1 Å². The fraction of sp³-hybridized carbons (Fsp3) is 0.375. The molecule has 7 heteroatoms. The molecule has 4 rings (SSSR count). The number of nitrogens with zero attached hydrogens (tertiary/aromatic N) is 1. The molecular formula is C24H24ClF3N2O. The zero-order valence-corrected chi connectivity index (χ0v) is 17.8. The molecule has 0 spiro atoms. The van der Waals surface area contributed by atoms with Gasteiger partial charge in [0.1, 0.15) is 0 Å². The van der Waals surface area contributed by atoms with E-state index in [9.17, 15) is 18.0 Å². The first kappa shape index (κ1) is 21.8. The lowest BCUT2D eigenvalue weighted by atomic mass is 9.89. The molecule has 0 aliphatic carbocycles. The maximum absolute atomic E-state index is 13.4. The summed E-state index contributed by atoms with van der Waals surface area (Å²) < 4.78 is 40.3. The second kappa shape index (κ2) is 8.95. The topological polar surface area (TPSA) is 36.1 Å². The zero-order chi connectivity index (χ0) is 22.0. The van der Waals surface area contributed by atoms with E-state index in [4.69, 9.17) is 11.6 Å². The van der Waals surface area contributed by atoms with Gasteiger partial charge in [0.15, 0.2) is 0 Å². The van der Waals surface area contributed by atoms with Gasteiger partial charge in [0.25, 0.3) is 0 Å². The third kappa shape index (κ3) is 4.74. The summed E-state index contributed by atoms with van der Waals surface area (Å²) in [4.78, 5) is 17.4. The number of carbonyl (C=O) groups excluding carboxylic acids is 1. The van der Waals surface area contributed by atoms with Crippen LogP contribution in [0.15, 0.2) is 48.7 Å². The Morgan fingerprint density at radius 2 is 1.81 bits per heavy atom. The van der Waals surface area contributed by atoms with Crippen LogP contribution in [0.4, 0.5) is 13.2 Å². The van der Waals surface area contributed by atoms with E-state index < -0.39 is 11.7 Å². The van der Waals surface area contributed by atoms with Gasteiger partial charge < -0.3 is 9.88 Å². The highest BCUT2D eigenvalue weighted by atomic mass is 35.5. The number of H-pyrrole nitrogens is 1. The lowest BCUT2D eigenvalue weighted by Crippen LogP contribution is -2.37. The van der Waals surface area contributed by atoms with Crippen LogP contribution in [0.3, 0.4) is 0 Å². The van der Waals surface area contributed by atoms with Gasteiger partial charge in [-0.15, -0.1) is 0 Å². The van der Waals surface area contributed by atoms with Crippen molar-refractivity contribution in [1.82, 2.24) is 9.88 Å². The molecule has 0 radical (unpaired) electrons. The molecule has 1 aliphatic heterocycles. The normalized spacial score (nSPS) is 15.5. The quantitative estimate of drug-likeness (QED) is 0.471. The predicted molar refractivity (Wildman–Crippen MR) is 116 cm³/mol. The van der Waals surface area contributed by atoms with E-state index in [1.54, 1.807) is 6.20 Å². The number of halogens is 4. The molecule has 0 unspecified atom stereocenters. The van der Waals surface area contributed by atoms with Crippen LogP contribution >= 0.6 is 11.6 Å². The van der Waals surface area contributed by atoms with Crippen LogP contribution in [0.25, 0.3) is 10.9 Å². The van der Waals surface area contributed by atoms with Crippen LogP contribution in [0, 0.1) is 0 Å². The minimum absolute atomic E-state index is 0.0698. The lowest BCUT2D eigenvalue weighted by Gasteiger charge is -2.32. The van der Waals surface area contributed by atoms with Gasteiger partial charge in [-0.3, -0.25) is 4.79 Å². The molecular weight excluding hydrogens is 425 g/mol. The largest absolute Gasteiger partial charge is 0.417 e. The Morgan fingerprint density at radius 3 is 2.48 bits per heavy atom. The average Bonchev–Trinajstić information content (AvgIpc) is 3.18. The number of aryl methyl sites for hydroxylation is 1. The highest BCUT2D eigenvalue weighted by molar-refractivity contribution is 6.35. The molecule has 2 aromatic carbocycles. The van der Waals surface area contributed by atoms with Crippen LogP contribution in [0.5, 0.6) is 0 Å². The molecule has 0 bridgehead atoms. The van der Waals surface area contributed by atoms with Gasteiger partial charge in [0.05, 0.1) is 16.1 Å². The van der Waals surface area contributed by atoms with Crippen molar-refractivity contribution in [2.24, 2.45) is 0 Å². The van der Waals surface area contributed by atoms with E-state index in [2.05, 4.69) is 17.1 Å². The number of alkyl halides is 3. The Kier molecular flexibility index (Phi) is 6.28. The standard InChI is InChI=1S/C24H24ClF3N2O/c25-20-10-9-19(24(26,27)28)22-18(15-29-23(20)22)7-4-8-21(31)30-13-11-17(12-14-30)16-5-2-1-3-6-16/h1-3,5-6,9-10,15,17,29H,4,7-8,11-14H2. The Bertz CT molecular complexity index is 1050. The number of aromatic nitrogens is 1. The number of piperidine rings is 1. The predicted octanol–water partition coefficient (Wildman–Crippen LogP) is 6.57. The summed E-state index contributed by atoms with van der Waals surface area (Å²) in [5.41, 5.74) is 1.45. The Hall–Kier alpha value is -2.47. The zero-order valence-electron chi connectivity index (χ0n) is 17.0. The second-order valence-electron chi connectivity index (χ2n) is 8.08. The van der Waals surface area contributed by atoms with E-state index in [0.717, 1.165) is 32.0 Å². The molecule has 1 N–H and O–H groups in total. The first-order valence-electron chi connectivity index (χ1n) is 10.5. The van der Waals surface area contributed by atoms with Gasteiger partial charge in [-0.05, 0) is 54.9 Å². The molecule has 31 heavy (non-hydrogen) atoms. The van der Waals surface area contributed by atoms with Gasteiger partial charge in [-0.1, -0.05) is 41.9 Å². The summed E-state index contributed by atoms with van der Waals surface area (Å²) >= 11 is 6.08. The van der Waals surface area contributed by atoms with Crippen LogP contribution < -0.4 is 0 Å². The molecule has 1 amide bonds. The minimum Gasteiger partial charge on any atom is -0.360 e. The number of fused-ring (bicyclic) bond motifs is 1. The van der Waals surface area contributed by atoms with Crippen molar-refractivity contribution in [3.05, 3.63) is 70.4 Å². The van der Waals surface area contributed by atoms with Crippen molar-refractivity contribution >= 4 is 28.4 Å². The van der Waals surface area contributed by atoms with E-state index in [0.29, 0.717) is 36.3 Å². The molecule has 3 aromatic rings. The van der Waals surface area contributed by atoms with Crippen molar-refractivity contribution in [2.45, 2.75) is 44.2 Å². The Balaban J connectivity index is 1.35. The van der Waals surface area contributed by atoms with Crippen LogP contribution in [0.1, 0.15) is 48.3 Å². The number of aromatic amines is 1. The van der Waals surface area contributed by atoms with Gasteiger partial charge in [0.2, 0.25) is 5.91 Å². The van der Waals surface area contributed by atoms with Crippen LogP contribution in [0.2, 0.25) is 5.02 Å². The van der Waals surface area contributed by atoms with E-state index in [1.165, 1.54) is 11.6 Å². The first-order valence-corrected chi connectivity index (χ1v) is 10.9. The summed E-state index contributed by atoms with van der Waals surface area (Å²) in [6.07, 6.45) is 0.187. The summed E-state index contributed by atoms with van der Waals surface area (Å²) in [7, 11) is 0. The molecule has 0 atom stereocenters. The van der Waals surface area contributed by atoms with Crippen LogP contribution in [-0.2, 0) is 17.4 Å². The molecule has 1 fully saturated rings. The molecule has 2 heterocycles. The highest BCUT2D eigenvalue weighted by Crippen LogP contribution is 2.39. The number of benzene rings is 2. The summed E-state index contributed by atoms with van der Waals surface area (Å²) in [6, 6.07) is 12.6. The first-order chi connectivity index (χ1) is 14.8. The molecule has 164 valence electrons. The van der Waals surface area contributed by atoms with Crippen LogP contribution in [-0.4, -0.2) is 28.9 Å². The number of nitrogens with one attached hydrogen (secondary N) is 1. The van der Waals surface area contributed by atoms with Gasteiger partial charge in [-0.25, -0.2) is 0 Å². The number of rotatable bonds is 5. The van der Waals surface area contributed by atoms with Crippen molar-refractivity contribution in [2.75, 3.05) is 13.1 Å². The maximum Gasteiger partial charge on any atom is 0.417 e. The van der Waals surface area contributed by atoms with E-state index in [-0.39, 0.29) is 16.3 Å². The fourth-order valence-electron chi connectivity index (χ4n) is 4.49. The molecule has 1 aliphatic rings. The molecule has 1 aromatic heterocycles. The smallest absolute Gasteiger partial charge is 0.360 e. The monoisotopic (exact) mass is 448 g/mol. The van der Waals surface area contributed by atoms with Crippen molar-refractivity contribution in [3.8, 4) is 0 Å². The van der Waals surface area contributed by atoms with Gasteiger partial charge in [-0.2, -0.15) is 13.2 Å². The minimum atomic E-state index is -4.46. The number of amides is 1. The van der Waals surface area contributed by atoms with E-state index >= 15 is 0 Å². The average molecular weight is 449 g/mol. The number of carbonyl (C=O) groups is 1. The van der Waals surface area contributed by atoms with Crippen molar-refractivity contribution < 1.29 is 18.0 Å².